The van der Waals surface area contributed by atoms with E-state index in [1.807, 2.05) is 0 Å². The molecular formula is C14H17NO3S. The molecule has 1 unspecified atom stereocenters. The molecule has 5 heteroatoms. The van der Waals surface area contributed by atoms with Crippen LogP contribution in [-0.2, 0) is 10.8 Å². The summed E-state index contributed by atoms with van der Waals surface area (Å²) in [6, 6.07) is 6.91. The molecule has 0 spiro atoms. The van der Waals surface area contributed by atoms with Crippen molar-refractivity contribution in [2.24, 2.45) is 0 Å². The second-order valence-electron chi connectivity index (χ2n) is 3.89. The molecule has 0 saturated carbocycles. The van der Waals surface area contributed by atoms with Crippen LogP contribution in [0.2, 0.25) is 0 Å². The van der Waals surface area contributed by atoms with Gasteiger partial charge in [-0.3, -0.25) is 9.00 Å². The van der Waals surface area contributed by atoms with E-state index in [4.69, 9.17) is 5.11 Å². The Morgan fingerprint density at radius 1 is 1.37 bits per heavy atom. The predicted octanol–water partition coefficient (Wildman–Crippen LogP) is 0.529. The first kappa shape index (κ1) is 15.4. The third-order valence-corrected chi connectivity index (χ3v) is 3.07. The van der Waals surface area contributed by atoms with Crippen molar-refractivity contribution in [1.29, 1.82) is 0 Å². The average molecular weight is 279 g/mol. The van der Waals surface area contributed by atoms with Crippen molar-refractivity contribution in [3.8, 4) is 11.8 Å². The fourth-order valence-corrected chi connectivity index (χ4v) is 1.73. The standard InChI is InChI=1S/C14H17NO3S/c1-19(18)11-9-15-14(17)13-7-5-12(6-8-13)4-2-3-10-16/h5-8,16H,3,9-11H2,1H3,(H,15,17). The summed E-state index contributed by atoms with van der Waals surface area (Å²) in [6.45, 7) is 0.451. The van der Waals surface area contributed by atoms with Crippen molar-refractivity contribution in [3.05, 3.63) is 35.4 Å². The average Bonchev–Trinajstić information content (AvgIpc) is 2.39. The summed E-state index contributed by atoms with van der Waals surface area (Å²) in [5.41, 5.74) is 1.36. The topological polar surface area (TPSA) is 66.4 Å². The second kappa shape index (κ2) is 8.46. The van der Waals surface area contributed by atoms with Gasteiger partial charge in [0.1, 0.15) is 0 Å². The Morgan fingerprint density at radius 3 is 2.63 bits per heavy atom. The van der Waals surface area contributed by atoms with Crippen LogP contribution in [0.5, 0.6) is 0 Å². The molecule has 1 aromatic carbocycles. The number of hydrogen-bond donors (Lipinski definition) is 2. The Morgan fingerprint density at radius 2 is 2.05 bits per heavy atom. The van der Waals surface area contributed by atoms with E-state index in [9.17, 15) is 9.00 Å². The number of hydrogen-bond acceptors (Lipinski definition) is 3. The molecule has 0 aromatic heterocycles. The minimum Gasteiger partial charge on any atom is -0.395 e. The van der Waals surface area contributed by atoms with Crippen molar-refractivity contribution < 1.29 is 14.1 Å². The normalized spacial score (nSPS) is 11.3. The number of aliphatic hydroxyl groups excluding tert-OH is 1. The van der Waals surface area contributed by atoms with Crippen LogP contribution in [0, 0.1) is 11.8 Å². The highest BCUT2D eigenvalue weighted by Gasteiger charge is 2.04. The van der Waals surface area contributed by atoms with Crippen molar-refractivity contribution >= 4 is 16.7 Å². The maximum Gasteiger partial charge on any atom is 0.251 e. The third kappa shape index (κ3) is 6.18. The smallest absolute Gasteiger partial charge is 0.251 e. The quantitative estimate of drug-likeness (QED) is 0.773. The molecular weight excluding hydrogens is 262 g/mol. The lowest BCUT2D eigenvalue weighted by atomic mass is 10.1. The van der Waals surface area contributed by atoms with Gasteiger partial charge in [-0.1, -0.05) is 11.8 Å². The Labute approximate surface area is 115 Å². The maximum absolute atomic E-state index is 11.7. The summed E-state index contributed by atoms with van der Waals surface area (Å²) >= 11 is 0. The molecule has 0 aliphatic heterocycles. The predicted molar refractivity (Wildman–Crippen MR) is 76.3 cm³/mol. The molecule has 0 aliphatic carbocycles. The largest absolute Gasteiger partial charge is 0.395 e. The zero-order valence-electron chi connectivity index (χ0n) is 10.8. The fraction of sp³-hybridized carbons (Fsp3) is 0.357. The van der Waals surface area contributed by atoms with Gasteiger partial charge in [0.05, 0.1) is 6.61 Å². The molecule has 0 bridgehead atoms. The monoisotopic (exact) mass is 279 g/mol. The SMILES string of the molecule is CS(=O)CCNC(=O)c1ccc(C#CCCO)cc1. The number of aliphatic hydroxyl groups is 1. The van der Waals surface area contributed by atoms with Crippen molar-refractivity contribution in [2.45, 2.75) is 6.42 Å². The first-order chi connectivity index (χ1) is 9.13. The minimum absolute atomic E-state index is 0.0479. The summed E-state index contributed by atoms with van der Waals surface area (Å²) in [6.07, 6.45) is 2.04. The Bertz CT molecular complexity index is 500. The zero-order valence-corrected chi connectivity index (χ0v) is 11.6. The van der Waals surface area contributed by atoms with Crippen LogP contribution >= 0.6 is 0 Å². The van der Waals surface area contributed by atoms with Crippen LogP contribution in [0.4, 0.5) is 0 Å². The van der Waals surface area contributed by atoms with Gasteiger partial charge in [-0.15, -0.1) is 0 Å². The molecule has 0 radical (unpaired) electrons. The lowest BCUT2D eigenvalue weighted by molar-refractivity contribution is 0.0956. The molecule has 2 N–H and O–H groups in total. The van der Waals surface area contributed by atoms with Crippen LogP contribution < -0.4 is 5.32 Å². The first-order valence-corrected chi connectivity index (χ1v) is 7.64. The summed E-state index contributed by atoms with van der Waals surface area (Å²) in [4.78, 5) is 11.7. The molecule has 0 fully saturated rings. The van der Waals surface area contributed by atoms with Gasteiger partial charge < -0.3 is 10.4 Å². The van der Waals surface area contributed by atoms with Gasteiger partial charge in [0.15, 0.2) is 0 Å². The third-order valence-electron chi connectivity index (χ3n) is 2.29. The number of nitrogens with one attached hydrogen (secondary N) is 1. The maximum atomic E-state index is 11.7. The molecule has 0 heterocycles. The first-order valence-electron chi connectivity index (χ1n) is 5.91. The van der Waals surface area contributed by atoms with Crippen molar-refractivity contribution in [3.63, 3.8) is 0 Å². The fourth-order valence-electron chi connectivity index (χ4n) is 1.34. The Hall–Kier alpha value is -1.64. The number of benzene rings is 1. The van der Waals surface area contributed by atoms with Gasteiger partial charge in [0.2, 0.25) is 0 Å². The second-order valence-corrected chi connectivity index (χ2v) is 5.44. The van der Waals surface area contributed by atoms with Crippen LogP contribution in [0.15, 0.2) is 24.3 Å². The van der Waals surface area contributed by atoms with E-state index < -0.39 is 10.8 Å². The van der Waals surface area contributed by atoms with Gasteiger partial charge in [-0.25, -0.2) is 0 Å². The summed E-state index contributed by atoms with van der Waals surface area (Å²) < 4.78 is 10.9. The molecule has 19 heavy (non-hydrogen) atoms. The van der Waals surface area contributed by atoms with E-state index in [2.05, 4.69) is 17.2 Å². The molecule has 1 aromatic rings. The Balaban J connectivity index is 2.54. The minimum atomic E-state index is -0.900. The number of carbonyl (C=O) groups is 1. The lowest BCUT2D eigenvalue weighted by Crippen LogP contribution is -2.27. The highest BCUT2D eigenvalue weighted by molar-refractivity contribution is 7.84. The van der Waals surface area contributed by atoms with Gasteiger partial charge in [-0.2, -0.15) is 0 Å². The van der Waals surface area contributed by atoms with Crippen LogP contribution in [0.3, 0.4) is 0 Å². The number of rotatable bonds is 5. The van der Waals surface area contributed by atoms with E-state index in [0.717, 1.165) is 5.56 Å². The van der Waals surface area contributed by atoms with Crippen LogP contribution in [0.1, 0.15) is 22.3 Å². The van der Waals surface area contributed by atoms with Gasteiger partial charge in [0, 0.05) is 46.9 Å². The van der Waals surface area contributed by atoms with Gasteiger partial charge in [-0.05, 0) is 24.3 Å². The highest BCUT2D eigenvalue weighted by Crippen LogP contribution is 2.03. The summed E-state index contributed by atoms with van der Waals surface area (Å²) in [5, 5.41) is 11.3. The molecule has 4 nitrogen and oxygen atoms in total. The Kier molecular flexibility index (Phi) is 6.86. The highest BCUT2D eigenvalue weighted by atomic mass is 32.2. The summed E-state index contributed by atoms with van der Waals surface area (Å²) in [5.74, 6) is 5.97. The molecule has 102 valence electrons. The summed E-state index contributed by atoms with van der Waals surface area (Å²) in [7, 11) is -0.900. The van der Waals surface area contributed by atoms with E-state index in [1.165, 1.54) is 0 Å². The molecule has 1 amide bonds. The van der Waals surface area contributed by atoms with E-state index >= 15 is 0 Å². The molecule has 0 saturated heterocycles. The van der Waals surface area contributed by atoms with Gasteiger partial charge >= 0.3 is 0 Å². The number of carbonyl (C=O) groups excluding carboxylic acids is 1. The van der Waals surface area contributed by atoms with Crippen LogP contribution in [0.25, 0.3) is 0 Å². The van der Waals surface area contributed by atoms with Crippen LogP contribution in [-0.4, -0.2) is 40.4 Å². The number of amides is 1. The van der Waals surface area contributed by atoms with Gasteiger partial charge in [0.25, 0.3) is 5.91 Å². The van der Waals surface area contributed by atoms with E-state index in [1.54, 1.807) is 30.5 Å². The molecule has 1 atom stereocenters. The van der Waals surface area contributed by atoms with Crippen molar-refractivity contribution in [1.82, 2.24) is 5.32 Å². The molecule has 1 rings (SSSR count). The van der Waals surface area contributed by atoms with Crippen molar-refractivity contribution in [2.75, 3.05) is 25.2 Å². The zero-order chi connectivity index (χ0) is 14.1. The van der Waals surface area contributed by atoms with E-state index in [-0.39, 0.29) is 12.5 Å². The molecule has 0 aliphatic rings. The van der Waals surface area contributed by atoms with E-state index in [0.29, 0.717) is 24.3 Å². The lowest BCUT2D eigenvalue weighted by Gasteiger charge is -2.03.